The van der Waals surface area contributed by atoms with Gasteiger partial charge in [-0.1, -0.05) is 31.5 Å². The number of halogens is 1. The second-order valence-corrected chi connectivity index (χ2v) is 7.79. The maximum absolute atomic E-state index is 12.4. The molecule has 0 atom stereocenters. The molecule has 0 radical (unpaired) electrons. The summed E-state index contributed by atoms with van der Waals surface area (Å²) in [5, 5.41) is 9.64. The molecule has 1 heterocycles. The van der Waals surface area contributed by atoms with Gasteiger partial charge in [0.1, 0.15) is 0 Å². The average Bonchev–Trinajstić information content (AvgIpc) is 2.73. The van der Waals surface area contributed by atoms with Crippen molar-refractivity contribution >= 4 is 39.6 Å². The van der Waals surface area contributed by atoms with Crippen LogP contribution in [0.1, 0.15) is 42.0 Å². The van der Waals surface area contributed by atoms with Gasteiger partial charge in [0.2, 0.25) is 0 Å². The number of fused-ring (bicyclic) bond motifs is 1. The summed E-state index contributed by atoms with van der Waals surface area (Å²) in [6.07, 6.45) is 2.56. The Hall–Kier alpha value is -3.32. The van der Waals surface area contributed by atoms with E-state index < -0.39 is 11.5 Å². The standard InChI is InChI=1S/C23H23ClN2O5/c1-13(2)8-9-31-19-7-4-14(11-20(19)30-3)10-17(24)21-25-18-12-15(23(28)29)5-6-16(18)22(27)26-21/h4-7,10-13H,8-9H2,1-3H3,(H,28,29)(H,25,26,27)/b17-10-. The van der Waals surface area contributed by atoms with E-state index in [0.29, 0.717) is 24.0 Å². The lowest BCUT2D eigenvalue weighted by Gasteiger charge is -2.12. The Bertz CT molecular complexity index is 1200. The number of hydrogen-bond donors (Lipinski definition) is 2. The van der Waals surface area contributed by atoms with Crippen molar-refractivity contribution in [3.8, 4) is 11.5 Å². The number of carboxylic acids is 1. The van der Waals surface area contributed by atoms with Gasteiger partial charge in [0, 0.05) is 0 Å². The number of hydrogen-bond acceptors (Lipinski definition) is 5. The quantitative estimate of drug-likeness (QED) is 0.520. The first-order valence-electron chi connectivity index (χ1n) is 9.74. The van der Waals surface area contributed by atoms with Gasteiger partial charge in [0.25, 0.3) is 5.56 Å². The number of ether oxygens (including phenoxy) is 2. The van der Waals surface area contributed by atoms with Crippen LogP contribution in [0, 0.1) is 5.92 Å². The number of carboxylic acid groups (broad SMARTS) is 1. The molecule has 0 aliphatic carbocycles. The largest absolute Gasteiger partial charge is 0.493 e. The lowest BCUT2D eigenvalue weighted by atomic mass is 10.1. The Balaban J connectivity index is 1.92. The minimum atomic E-state index is -1.10. The molecule has 0 fully saturated rings. The molecule has 3 rings (SSSR count). The Morgan fingerprint density at radius 2 is 2.00 bits per heavy atom. The first-order chi connectivity index (χ1) is 14.8. The van der Waals surface area contributed by atoms with Gasteiger partial charge in [-0.3, -0.25) is 4.79 Å². The van der Waals surface area contributed by atoms with Crippen LogP contribution in [-0.2, 0) is 0 Å². The monoisotopic (exact) mass is 442 g/mol. The van der Waals surface area contributed by atoms with E-state index >= 15 is 0 Å². The second-order valence-electron chi connectivity index (χ2n) is 7.39. The highest BCUT2D eigenvalue weighted by molar-refractivity contribution is 6.50. The molecule has 7 nitrogen and oxygen atoms in total. The molecule has 0 saturated heterocycles. The summed E-state index contributed by atoms with van der Waals surface area (Å²) in [6, 6.07) is 9.51. The molecule has 3 aromatic rings. The molecule has 1 aromatic heterocycles. The average molecular weight is 443 g/mol. The third-order valence-corrected chi connectivity index (χ3v) is 4.90. The van der Waals surface area contributed by atoms with Crippen LogP contribution in [-0.4, -0.2) is 34.8 Å². The van der Waals surface area contributed by atoms with Crippen molar-refractivity contribution in [2.24, 2.45) is 5.92 Å². The summed E-state index contributed by atoms with van der Waals surface area (Å²) in [6.45, 7) is 4.85. The fourth-order valence-electron chi connectivity index (χ4n) is 2.90. The Morgan fingerprint density at radius 1 is 1.23 bits per heavy atom. The molecule has 0 aliphatic rings. The Labute approximate surface area is 184 Å². The Morgan fingerprint density at radius 3 is 2.68 bits per heavy atom. The zero-order valence-corrected chi connectivity index (χ0v) is 18.2. The number of methoxy groups -OCH3 is 1. The second kappa shape index (κ2) is 9.66. The molecule has 2 aromatic carbocycles. The highest BCUT2D eigenvalue weighted by Gasteiger charge is 2.11. The molecular weight excluding hydrogens is 420 g/mol. The molecule has 0 amide bonds. The number of aromatic nitrogens is 2. The smallest absolute Gasteiger partial charge is 0.335 e. The van der Waals surface area contributed by atoms with Crippen molar-refractivity contribution in [3.05, 3.63) is 63.7 Å². The van der Waals surface area contributed by atoms with Crippen molar-refractivity contribution in [2.75, 3.05) is 13.7 Å². The summed E-state index contributed by atoms with van der Waals surface area (Å²) in [5.41, 5.74) is 0.598. The molecule has 0 unspecified atom stereocenters. The molecule has 8 heteroatoms. The minimum absolute atomic E-state index is 0.0365. The molecular formula is C23H23ClN2O5. The van der Waals surface area contributed by atoms with Crippen molar-refractivity contribution in [3.63, 3.8) is 0 Å². The van der Waals surface area contributed by atoms with Gasteiger partial charge in [0.05, 0.1) is 35.2 Å². The molecule has 0 aliphatic heterocycles. The number of carbonyl (C=O) groups is 1. The van der Waals surface area contributed by atoms with Gasteiger partial charge < -0.3 is 19.6 Å². The first-order valence-corrected chi connectivity index (χ1v) is 10.1. The van der Waals surface area contributed by atoms with Crippen LogP contribution in [0.3, 0.4) is 0 Å². The predicted molar refractivity (Wildman–Crippen MR) is 121 cm³/mol. The number of nitrogens with zero attached hydrogens (tertiary/aromatic N) is 1. The van der Waals surface area contributed by atoms with E-state index in [2.05, 4.69) is 23.8 Å². The van der Waals surface area contributed by atoms with E-state index in [9.17, 15) is 9.59 Å². The van der Waals surface area contributed by atoms with Crippen molar-refractivity contribution < 1.29 is 19.4 Å². The summed E-state index contributed by atoms with van der Waals surface area (Å²) in [4.78, 5) is 30.5. The summed E-state index contributed by atoms with van der Waals surface area (Å²) >= 11 is 6.41. The van der Waals surface area contributed by atoms with Crippen LogP contribution in [0.4, 0.5) is 0 Å². The van der Waals surface area contributed by atoms with Crippen molar-refractivity contribution in [2.45, 2.75) is 20.3 Å². The highest BCUT2D eigenvalue weighted by atomic mass is 35.5. The highest BCUT2D eigenvalue weighted by Crippen LogP contribution is 2.30. The van der Waals surface area contributed by atoms with Crippen LogP contribution in [0.5, 0.6) is 11.5 Å². The van der Waals surface area contributed by atoms with Gasteiger partial charge in [-0.25, -0.2) is 9.78 Å². The molecule has 0 bridgehead atoms. The van der Waals surface area contributed by atoms with Crippen LogP contribution in [0.2, 0.25) is 0 Å². The van der Waals surface area contributed by atoms with Gasteiger partial charge >= 0.3 is 5.97 Å². The van der Waals surface area contributed by atoms with Gasteiger partial charge in [0.15, 0.2) is 17.3 Å². The number of aromatic amines is 1. The summed E-state index contributed by atoms with van der Waals surface area (Å²) in [5.74, 6) is 0.769. The van der Waals surface area contributed by atoms with E-state index in [1.54, 1.807) is 25.3 Å². The van der Waals surface area contributed by atoms with E-state index in [4.69, 9.17) is 26.2 Å². The molecule has 31 heavy (non-hydrogen) atoms. The molecule has 0 saturated carbocycles. The summed E-state index contributed by atoms with van der Waals surface area (Å²) < 4.78 is 11.2. The van der Waals surface area contributed by atoms with E-state index in [1.807, 2.05) is 6.07 Å². The maximum atomic E-state index is 12.4. The number of aromatic carboxylic acids is 1. The lowest BCUT2D eigenvalue weighted by molar-refractivity contribution is 0.0697. The van der Waals surface area contributed by atoms with Crippen LogP contribution >= 0.6 is 11.6 Å². The van der Waals surface area contributed by atoms with E-state index in [0.717, 1.165) is 12.0 Å². The SMILES string of the molecule is COc1cc(/C=C(\Cl)c2nc3cc(C(=O)O)ccc3c(=O)[nH]2)ccc1OCCC(C)C. The number of nitrogens with one attached hydrogen (secondary N) is 1. The van der Waals surface area contributed by atoms with E-state index in [-0.39, 0.29) is 27.3 Å². The van der Waals surface area contributed by atoms with Crippen LogP contribution in [0.25, 0.3) is 22.0 Å². The number of rotatable bonds is 8. The zero-order chi connectivity index (χ0) is 22.5. The molecule has 162 valence electrons. The van der Waals surface area contributed by atoms with Crippen LogP contribution < -0.4 is 15.0 Å². The maximum Gasteiger partial charge on any atom is 0.335 e. The Kier molecular flexibility index (Phi) is 6.97. The molecule has 0 spiro atoms. The lowest BCUT2D eigenvalue weighted by Crippen LogP contribution is -2.11. The topological polar surface area (TPSA) is 102 Å². The van der Waals surface area contributed by atoms with E-state index in [1.165, 1.54) is 18.2 Å². The summed E-state index contributed by atoms with van der Waals surface area (Å²) in [7, 11) is 1.56. The van der Waals surface area contributed by atoms with Crippen LogP contribution in [0.15, 0.2) is 41.2 Å². The fourth-order valence-corrected chi connectivity index (χ4v) is 3.11. The van der Waals surface area contributed by atoms with Crippen molar-refractivity contribution in [1.82, 2.24) is 9.97 Å². The minimum Gasteiger partial charge on any atom is -0.493 e. The normalized spacial score (nSPS) is 11.7. The van der Waals surface area contributed by atoms with Gasteiger partial charge in [-0.15, -0.1) is 0 Å². The third kappa shape index (κ3) is 5.44. The van der Waals surface area contributed by atoms with Gasteiger partial charge in [-0.05, 0) is 54.3 Å². The van der Waals surface area contributed by atoms with Crippen molar-refractivity contribution in [1.29, 1.82) is 0 Å². The number of benzene rings is 2. The third-order valence-electron chi connectivity index (χ3n) is 4.61. The number of H-pyrrole nitrogens is 1. The first kappa shape index (κ1) is 22.4. The zero-order valence-electron chi connectivity index (χ0n) is 17.4. The fraction of sp³-hybridized carbons (Fsp3) is 0.261. The predicted octanol–water partition coefficient (Wildman–Crippen LogP) is 4.79. The van der Waals surface area contributed by atoms with Gasteiger partial charge in [-0.2, -0.15) is 0 Å². The molecule has 2 N–H and O–H groups in total.